The van der Waals surface area contributed by atoms with Crippen molar-refractivity contribution in [2.24, 2.45) is 0 Å². The van der Waals surface area contributed by atoms with E-state index in [1.807, 2.05) is 0 Å². The highest BCUT2D eigenvalue weighted by Crippen LogP contribution is 2.39. The quantitative estimate of drug-likeness (QED) is 0.775. The van der Waals surface area contributed by atoms with Crippen molar-refractivity contribution in [3.8, 4) is 11.3 Å². The van der Waals surface area contributed by atoms with Crippen molar-refractivity contribution in [3.63, 3.8) is 0 Å². The number of hydrogen-bond acceptors (Lipinski definition) is 3. The third kappa shape index (κ3) is 3.05. The molecule has 0 fully saturated rings. The third-order valence-corrected chi connectivity index (χ3v) is 3.15. The number of Topliss-reactive ketones (excluding diaryl/α,β-unsaturated/α-hetero) is 1. The van der Waals surface area contributed by atoms with E-state index < -0.39 is 23.1 Å². The first-order chi connectivity index (χ1) is 9.71. The first-order valence-corrected chi connectivity index (χ1v) is 6.31. The van der Waals surface area contributed by atoms with Crippen molar-refractivity contribution >= 4 is 17.4 Å². The van der Waals surface area contributed by atoms with Gasteiger partial charge in [0.1, 0.15) is 5.69 Å². The van der Waals surface area contributed by atoms with Crippen LogP contribution < -0.4 is 0 Å². The Hall–Kier alpha value is -1.95. The van der Waals surface area contributed by atoms with Crippen LogP contribution >= 0.6 is 11.6 Å². The summed E-state index contributed by atoms with van der Waals surface area (Å²) in [6, 6.07) is 5.71. The normalized spacial score (nSPS) is 11.5. The van der Waals surface area contributed by atoms with Gasteiger partial charge in [0.15, 0.2) is 5.78 Å². The molecule has 2 aromatic rings. The van der Waals surface area contributed by atoms with Gasteiger partial charge in [-0.15, -0.1) is 5.10 Å². The maximum absolute atomic E-state index is 13.4. The van der Waals surface area contributed by atoms with Crippen molar-refractivity contribution < 1.29 is 18.0 Å². The fourth-order valence-corrected chi connectivity index (χ4v) is 2.17. The highest BCUT2D eigenvalue weighted by atomic mass is 35.5. The molecule has 1 heterocycles. The van der Waals surface area contributed by atoms with E-state index in [0.717, 1.165) is 6.92 Å². The number of benzene rings is 1. The van der Waals surface area contributed by atoms with Gasteiger partial charge in [-0.1, -0.05) is 23.7 Å². The maximum Gasteiger partial charge on any atom is 0.419 e. The molecule has 0 spiro atoms. The smallest absolute Gasteiger partial charge is 0.294 e. The van der Waals surface area contributed by atoms with Crippen molar-refractivity contribution in [2.75, 3.05) is 0 Å². The lowest BCUT2D eigenvalue weighted by molar-refractivity contribution is -0.137. The van der Waals surface area contributed by atoms with Crippen LogP contribution in [-0.2, 0) is 6.18 Å². The van der Waals surface area contributed by atoms with E-state index in [2.05, 4.69) is 10.2 Å². The fraction of sp³-hybridized carbons (Fsp3) is 0.214. The van der Waals surface area contributed by atoms with E-state index in [0.29, 0.717) is 5.02 Å². The van der Waals surface area contributed by atoms with Gasteiger partial charge in [-0.3, -0.25) is 4.79 Å². The molecule has 0 atom stereocenters. The summed E-state index contributed by atoms with van der Waals surface area (Å²) in [4.78, 5) is 11.6. The predicted octanol–water partition coefficient (Wildman–Crippen LogP) is 4.33. The molecule has 0 saturated carbocycles. The number of rotatable bonds is 2. The molecule has 0 aliphatic heterocycles. The molecular weight excluding hydrogens is 305 g/mol. The van der Waals surface area contributed by atoms with Crippen molar-refractivity contribution in [1.29, 1.82) is 0 Å². The number of carbonyl (C=O) groups is 1. The Bertz CT molecular complexity index is 697. The van der Waals surface area contributed by atoms with Crippen LogP contribution in [0.1, 0.15) is 28.5 Å². The Balaban J connectivity index is 2.81. The Labute approximate surface area is 123 Å². The number of carbonyl (C=O) groups excluding carboxylic acids is 1. The Kier molecular flexibility index (Phi) is 4.00. The van der Waals surface area contributed by atoms with Crippen molar-refractivity contribution in [3.05, 3.63) is 46.1 Å². The largest absolute Gasteiger partial charge is 0.419 e. The molecule has 0 radical (unpaired) electrons. The molecule has 0 aliphatic carbocycles. The zero-order valence-electron chi connectivity index (χ0n) is 11.1. The molecule has 1 aromatic carbocycles. The number of hydrogen-bond donors (Lipinski definition) is 0. The molecule has 0 saturated heterocycles. The zero-order valence-corrected chi connectivity index (χ0v) is 11.9. The minimum Gasteiger partial charge on any atom is -0.294 e. The molecule has 1 aromatic heterocycles. The first-order valence-electron chi connectivity index (χ1n) is 5.93. The van der Waals surface area contributed by atoms with Crippen LogP contribution in [0.3, 0.4) is 0 Å². The monoisotopic (exact) mass is 314 g/mol. The summed E-state index contributed by atoms with van der Waals surface area (Å²) < 4.78 is 40.1. The predicted molar refractivity (Wildman–Crippen MR) is 72.2 cm³/mol. The highest BCUT2D eigenvalue weighted by molar-refractivity contribution is 6.30. The topological polar surface area (TPSA) is 42.9 Å². The maximum atomic E-state index is 13.4. The zero-order chi connectivity index (χ0) is 15.8. The lowest BCUT2D eigenvalue weighted by Gasteiger charge is -2.16. The second-order valence-corrected chi connectivity index (χ2v) is 4.88. The van der Waals surface area contributed by atoms with Crippen LogP contribution in [0.15, 0.2) is 24.3 Å². The van der Waals surface area contributed by atoms with E-state index >= 15 is 0 Å². The number of halogens is 4. The van der Waals surface area contributed by atoms with Crippen molar-refractivity contribution in [1.82, 2.24) is 10.2 Å². The van der Waals surface area contributed by atoms with E-state index in [9.17, 15) is 18.0 Å². The van der Waals surface area contributed by atoms with Crippen LogP contribution in [0.25, 0.3) is 11.3 Å². The van der Waals surface area contributed by atoms with Crippen LogP contribution in [0.5, 0.6) is 0 Å². The summed E-state index contributed by atoms with van der Waals surface area (Å²) in [6.07, 6.45) is -4.71. The SMILES string of the molecule is CC(=O)c1c(C)nnc(-c2ccc(Cl)cc2)c1C(F)(F)F. The summed E-state index contributed by atoms with van der Waals surface area (Å²) in [5.41, 5.74) is -1.75. The lowest BCUT2D eigenvalue weighted by atomic mass is 9.97. The highest BCUT2D eigenvalue weighted by Gasteiger charge is 2.39. The van der Waals surface area contributed by atoms with Gasteiger partial charge in [-0.2, -0.15) is 18.3 Å². The summed E-state index contributed by atoms with van der Waals surface area (Å²) in [6.45, 7) is 2.40. The van der Waals surface area contributed by atoms with Gasteiger partial charge in [0.25, 0.3) is 0 Å². The van der Waals surface area contributed by atoms with Gasteiger partial charge in [0, 0.05) is 10.6 Å². The van der Waals surface area contributed by atoms with E-state index in [4.69, 9.17) is 11.6 Å². The third-order valence-electron chi connectivity index (χ3n) is 2.90. The van der Waals surface area contributed by atoms with Crippen LogP contribution in [-0.4, -0.2) is 16.0 Å². The first kappa shape index (κ1) is 15.4. The lowest BCUT2D eigenvalue weighted by Crippen LogP contribution is -2.17. The minimum atomic E-state index is -4.71. The van der Waals surface area contributed by atoms with Crippen molar-refractivity contribution in [2.45, 2.75) is 20.0 Å². The van der Waals surface area contributed by atoms with Gasteiger partial charge in [-0.05, 0) is 26.0 Å². The van der Waals surface area contributed by atoms with E-state index in [-0.39, 0.29) is 17.0 Å². The van der Waals surface area contributed by atoms with Crippen LogP contribution in [0.2, 0.25) is 5.02 Å². The fourth-order valence-electron chi connectivity index (χ4n) is 2.04. The molecule has 0 aliphatic rings. The van der Waals surface area contributed by atoms with Gasteiger partial charge >= 0.3 is 6.18 Å². The molecule has 0 bridgehead atoms. The molecule has 21 heavy (non-hydrogen) atoms. The molecular formula is C14H10ClF3N2O. The summed E-state index contributed by atoms with van der Waals surface area (Å²) in [5, 5.41) is 7.68. The second-order valence-electron chi connectivity index (χ2n) is 4.44. The van der Waals surface area contributed by atoms with Gasteiger partial charge in [-0.25, -0.2) is 0 Å². The van der Waals surface area contributed by atoms with Crippen LogP contribution in [0, 0.1) is 6.92 Å². The van der Waals surface area contributed by atoms with E-state index in [1.54, 1.807) is 0 Å². The van der Waals surface area contributed by atoms with Crippen LogP contribution in [0.4, 0.5) is 13.2 Å². The standard InChI is InChI=1S/C14H10ClF3N2O/c1-7-11(8(2)21)12(14(16,17)18)13(20-19-7)9-3-5-10(15)6-4-9/h3-6H,1-2H3. The van der Waals surface area contributed by atoms with E-state index in [1.165, 1.54) is 31.2 Å². The number of ketones is 1. The number of aromatic nitrogens is 2. The molecule has 0 unspecified atom stereocenters. The number of nitrogens with zero attached hydrogens (tertiary/aromatic N) is 2. The summed E-state index contributed by atoms with van der Waals surface area (Å²) in [7, 11) is 0. The number of aryl methyl sites for hydroxylation is 1. The average molecular weight is 315 g/mol. The summed E-state index contributed by atoms with van der Waals surface area (Å²) >= 11 is 5.72. The molecule has 0 N–H and O–H groups in total. The van der Waals surface area contributed by atoms with Gasteiger partial charge < -0.3 is 0 Å². The minimum absolute atomic E-state index is 0.0486. The molecule has 0 amide bonds. The molecule has 3 nitrogen and oxygen atoms in total. The Morgan fingerprint density at radius 2 is 1.71 bits per heavy atom. The Morgan fingerprint density at radius 3 is 2.19 bits per heavy atom. The molecule has 110 valence electrons. The molecule has 2 rings (SSSR count). The second kappa shape index (κ2) is 5.44. The Morgan fingerprint density at radius 1 is 1.14 bits per heavy atom. The number of alkyl halides is 3. The summed E-state index contributed by atoms with van der Waals surface area (Å²) in [5.74, 6) is -0.704. The van der Waals surface area contributed by atoms with Gasteiger partial charge in [0.2, 0.25) is 0 Å². The van der Waals surface area contributed by atoms with Gasteiger partial charge in [0.05, 0.1) is 16.8 Å². The average Bonchev–Trinajstić information content (AvgIpc) is 2.38. The molecule has 7 heteroatoms.